The van der Waals surface area contributed by atoms with Gasteiger partial charge in [-0.25, -0.2) is 4.79 Å². The number of aryl methyl sites for hydroxylation is 1. The van der Waals surface area contributed by atoms with E-state index in [0.717, 1.165) is 11.1 Å². The van der Waals surface area contributed by atoms with Crippen LogP contribution in [-0.2, 0) is 25.7 Å². The fraction of sp³-hybridized carbons (Fsp3) is 0.357. The Bertz CT molecular complexity index is 1110. The van der Waals surface area contributed by atoms with Gasteiger partial charge in [-0.3, -0.25) is 14.4 Å². The van der Waals surface area contributed by atoms with E-state index in [1.165, 1.54) is 11.0 Å². The van der Waals surface area contributed by atoms with Crippen molar-refractivity contribution in [3.8, 4) is 0 Å². The number of ether oxygens (including phenoxy) is 1. The van der Waals surface area contributed by atoms with Crippen molar-refractivity contribution in [2.75, 3.05) is 6.54 Å². The van der Waals surface area contributed by atoms with Crippen molar-refractivity contribution in [1.82, 2.24) is 15.5 Å². The Morgan fingerprint density at radius 2 is 1.76 bits per heavy atom. The summed E-state index contributed by atoms with van der Waals surface area (Å²) in [6, 6.07) is 14.2. The van der Waals surface area contributed by atoms with E-state index in [1.807, 2.05) is 43.3 Å². The summed E-state index contributed by atoms with van der Waals surface area (Å²) in [4.78, 5) is 52.9. The largest absolute Gasteiger partial charge is 0.444 e. The van der Waals surface area contributed by atoms with Crippen molar-refractivity contribution in [3.05, 3.63) is 83.9 Å². The highest BCUT2D eigenvalue weighted by Crippen LogP contribution is 2.24. The van der Waals surface area contributed by atoms with Gasteiger partial charge in [-0.1, -0.05) is 66.2 Å². The number of rotatable bonds is 11. The molecular weight excluding hydrogens is 472 g/mol. The van der Waals surface area contributed by atoms with Gasteiger partial charge in [-0.15, -0.1) is 6.58 Å². The average Bonchev–Trinajstić information content (AvgIpc) is 2.81. The second kappa shape index (κ2) is 13.2. The third-order valence-electron chi connectivity index (χ3n) is 5.23. The van der Waals surface area contributed by atoms with E-state index < -0.39 is 47.9 Å². The zero-order chi connectivity index (χ0) is 27.6. The molecule has 0 heterocycles. The van der Waals surface area contributed by atoms with Gasteiger partial charge in [-0.05, 0) is 38.8 Å². The van der Waals surface area contributed by atoms with Crippen LogP contribution in [0.1, 0.15) is 49.9 Å². The van der Waals surface area contributed by atoms with Gasteiger partial charge in [0.15, 0.2) is 0 Å². The Kier molecular flexibility index (Phi) is 10.4. The predicted molar refractivity (Wildman–Crippen MR) is 141 cm³/mol. The molecule has 2 unspecified atom stereocenters. The van der Waals surface area contributed by atoms with E-state index in [0.29, 0.717) is 5.56 Å². The number of nitrogens with two attached hydrogens (primary N) is 1. The van der Waals surface area contributed by atoms with Gasteiger partial charge in [0.05, 0.1) is 6.42 Å². The average molecular weight is 509 g/mol. The molecule has 0 fully saturated rings. The zero-order valence-electron chi connectivity index (χ0n) is 21.8. The van der Waals surface area contributed by atoms with Crippen molar-refractivity contribution < 1.29 is 23.9 Å². The van der Waals surface area contributed by atoms with Crippen LogP contribution in [0.5, 0.6) is 0 Å². The normalized spacial score (nSPS) is 12.5. The van der Waals surface area contributed by atoms with Crippen molar-refractivity contribution in [1.29, 1.82) is 0 Å². The molecule has 0 aromatic heterocycles. The van der Waals surface area contributed by atoms with Gasteiger partial charge < -0.3 is 26.0 Å². The monoisotopic (exact) mass is 508 g/mol. The number of hydrogen-bond acceptors (Lipinski definition) is 5. The van der Waals surface area contributed by atoms with Crippen LogP contribution in [-0.4, -0.2) is 46.9 Å². The second-order valence-electron chi connectivity index (χ2n) is 9.67. The molecule has 0 aliphatic carbocycles. The lowest BCUT2D eigenvalue weighted by Crippen LogP contribution is -2.54. The Morgan fingerprint density at radius 1 is 1.08 bits per heavy atom. The Labute approximate surface area is 218 Å². The molecule has 0 bridgehead atoms. The van der Waals surface area contributed by atoms with Crippen LogP contribution in [0.25, 0.3) is 0 Å². The van der Waals surface area contributed by atoms with E-state index >= 15 is 0 Å². The smallest absolute Gasteiger partial charge is 0.408 e. The standard InChI is InChI=1S/C28H36N4O5/c1-6-15-32(26(35)22(17-23(29)33)31-27(36)37-28(3,4)5)24(21-14-10-11-19(2)16-21)25(34)30-18-20-12-8-7-9-13-20/h6-14,16,22,24H,1,15,17-18H2,2-5H3,(H2,29,33)(H,30,34)(H,31,36). The molecule has 2 rings (SSSR count). The molecule has 2 atom stereocenters. The van der Waals surface area contributed by atoms with E-state index in [-0.39, 0.29) is 13.1 Å². The second-order valence-corrected chi connectivity index (χ2v) is 9.67. The van der Waals surface area contributed by atoms with E-state index in [2.05, 4.69) is 17.2 Å². The zero-order valence-corrected chi connectivity index (χ0v) is 21.8. The first-order valence-electron chi connectivity index (χ1n) is 12.0. The number of benzene rings is 2. The first-order chi connectivity index (χ1) is 17.4. The topological polar surface area (TPSA) is 131 Å². The summed E-state index contributed by atoms with van der Waals surface area (Å²) in [5.74, 6) is -1.90. The van der Waals surface area contributed by atoms with E-state index in [4.69, 9.17) is 10.5 Å². The van der Waals surface area contributed by atoms with Crippen LogP contribution in [0, 0.1) is 6.92 Å². The summed E-state index contributed by atoms with van der Waals surface area (Å²) in [7, 11) is 0. The number of alkyl carbamates (subject to hydrolysis) is 1. The molecule has 0 aliphatic heterocycles. The number of nitrogens with one attached hydrogen (secondary N) is 2. The molecule has 2 aromatic rings. The summed E-state index contributed by atoms with van der Waals surface area (Å²) in [6.45, 7) is 10.8. The SMILES string of the molecule is C=CCN(C(=O)C(CC(N)=O)NC(=O)OC(C)(C)C)C(C(=O)NCc1ccccc1)c1cccc(C)c1. The summed E-state index contributed by atoms with van der Waals surface area (Å²) < 4.78 is 5.26. The van der Waals surface area contributed by atoms with Crippen molar-refractivity contribution in [2.45, 2.75) is 58.3 Å². The highest BCUT2D eigenvalue weighted by molar-refractivity contribution is 5.94. The minimum absolute atomic E-state index is 0.0263. The Hall–Kier alpha value is -4.14. The molecule has 9 heteroatoms. The highest BCUT2D eigenvalue weighted by Gasteiger charge is 2.36. The molecule has 0 saturated heterocycles. The minimum Gasteiger partial charge on any atom is -0.444 e. The van der Waals surface area contributed by atoms with Gasteiger partial charge in [0, 0.05) is 13.1 Å². The predicted octanol–water partition coefficient (Wildman–Crippen LogP) is 3.14. The lowest BCUT2D eigenvalue weighted by atomic mass is 10.00. The third-order valence-corrected chi connectivity index (χ3v) is 5.23. The maximum atomic E-state index is 13.8. The molecule has 37 heavy (non-hydrogen) atoms. The number of carbonyl (C=O) groups is 4. The molecule has 198 valence electrons. The quantitative estimate of drug-likeness (QED) is 0.402. The molecular formula is C28H36N4O5. The van der Waals surface area contributed by atoms with Gasteiger partial charge >= 0.3 is 6.09 Å². The van der Waals surface area contributed by atoms with Crippen molar-refractivity contribution in [3.63, 3.8) is 0 Å². The van der Waals surface area contributed by atoms with Crippen LogP contribution < -0.4 is 16.4 Å². The van der Waals surface area contributed by atoms with Crippen LogP contribution in [0.4, 0.5) is 4.79 Å². The maximum Gasteiger partial charge on any atom is 0.408 e. The maximum absolute atomic E-state index is 13.8. The van der Waals surface area contributed by atoms with Gasteiger partial charge in [0.2, 0.25) is 17.7 Å². The molecule has 2 aromatic carbocycles. The molecule has 9 nitrogen and oxygen atoms in total. The van der Waals surface area contributed by atoms with Gasteiger partial charge in [-0.2, -0.15) is 0 Å². The number of amides is 4. The van der Waals surface area contributed by atoms with Crippen molar-refractivity contribution in [2.24, 2.45) is 5.73 Å². The molecule has 0 spiro atoms. The molecule has 0 saturated carbocycles. The van der Waals surface area contributed by atoms with Gasteiger partial charge in [0.1, 0.15) is 17.7 Å². The highest BCUT2D eigenvalue weighted by atomic mass is 16.6. The third kappa shape index (κ3) is 9.44. The molecule has 4 amide bonds. The molecule has 4 N–H and O–H groups in total. The fourth-order valence-electron chi connectivity index (χ4n) is 3.71. The first kappa shape index (κ1) is 29.1. The fourth-order valence-corrected chi connectivity index (χ4v) is 3.71. The van der Waals surface area contributed by atoms with Crippen LogP contribution in [0.3, 0.4) is 0 Å². The summed E-state index contributed by atoms with van der Waals surface area (Å²) >= 11 is 0. The summed E-state index contributed by atoms with van der Waals surface area (Å²) in [5, 5.41) is 5.33. The Balaban J connectivity index is 2.43. The Morgan fingerprint density at radius 3 is 2.32 bits per heavy atom. The van der Waals surface area contributed by atoms with Crippen LogP contribution in [0.15, 0.2) is 67.3 Å². The van der Waals surface area contributed by atoms with Crippen LogP contribution in [0.2, 0.25) is 0 Å². The molecule has 0 radical (unpaired) electrons. The molecule has 0 aliphatic rings. The van der Waals surface area contributed by atoms with Crippen LogP contribution >= 0.6 is 0 Å². The lowest BCUT2D eigenvalue weighted by molar-refractivity contribution is -0.142. The summed E-state index contributed by atoms with van der Waals surface area (Å²) in [6.07, 6.45) is 0.115. The number of primary amides is 1. The lowest BCUT2D eigenvalue weighted by Gasteiger charge is -2.33. The minimum atomic E-state index is -1.35. The summed E-state index contributed by atoms with van der Waals surface area (Å²) in [5.41, 5.74) is 6.91. The number of hydrogen-bond donors (Lipinski definition) is 3. The first-order valence-corrected chi connectivity index (χ1v) is 12.0. The van der Waals surface area contributed by atoms with E-state index in [9.17, 15) is 19.2 Å². The van der Waals surface area contributed by atoms with Gasteiger partial charge in [0.25, 0.3) is 0 Å². The number of nitrogens with zero attached hydrogens (tertiary/aromatic N) is 1. The van der Waals surface area contributed by atoms with Crippen molar-refractivity contribution >= 4 is 23.8 Å². The van der Waals surface area contributed by atoms with E-state index in [1.54, 1.807) is 39.0 Å². The number of carbonyl (C=O) groups excluding carboxylic acids is 4.